The maximum Gasteiger partial charge on any atom is 0.158 e. The molecule has 0 saturated carbocycles. The van der Waals surface area contributed by atoms with Gasteiger partial charge >= 0.3 is 0 Å². The fraction of sp³-hybridized carbons (Fsp3) is 0.111. The fourth-order valence-electron chi connectivity index (χ4n) is 7.52. The number of benzene rings is 5. The number of nitrogens with zero attached hydrogens (tertiary/aromatic N) is 5. The molecule has 0 atom stereocenters. The van der Waals surface area contributed by atoms with E-state index in [4.69, 9.17) is 19.1 Å². The third-order valence-corrected chi connectivity index (χ3v) is 10.1. The lowest BCUT2D eigenvalue weighted by molar-refractivity contribution is 0.483. The van der Waals surface area contributed by atoms with Crippen LogP contribution in [0.5, 0.6) is 11.5 Å². The summed E-state index contributed by atoms with van der Waals surface area (Å²) in [6, 6.07) is 46.1. The second kappa shape index (κ2) is 11.5. The van der Waals surface area contributed by atoms with Gasteiger partial charge < -0.3 is 19.0 Å². The minimum Gasteiger partial charge on any atom is -0.457 e. The first-order valence-corrected chi connectivity index (χ1v) is 17.6. The zero-order valence-electron chi connectivity index (χ0n) is 29.1. The van der Waals surface area contributed by atoms with Gasteiger partial charge in [-0.15, -0.1) is 0 Å². The third kappa shape index (κ3) is 4.88. The number of hydrogen-bond donors (Lipinski definition) is 0. The van der Waals surface area contributed by atoms with E-state index in [1.54, 1.807) is 0 Å². The Morgan fingerprint density at radius 1 is 0.577 bits per heavy atom. The average Bonchev–Trinajstić information content (AvgIpc) is 3.84. The highest BCUT2D eigenvalue weighted by molar-refractivity contribution is 6.09. The first kappa shape index (κ1) is 30.2. The molecule has 1 aliphatic heterocycles. The number of fused-ring (bicyclic) bond motifs is 7. The molecule has 0 amide bonds. The van der Waals surface area contributed by atoms with Crippen molar-refractivity contribution in [1.29, 1.82) is 0 Å². The number of hydrogen-bond acceptors (Lipinski definition) is 6. The van der Waals surface area contributed by atoms with Gasteiger partial charge in [0.05, 0.1) is 16.7 Å². The molecule has 0 bridgehead atoms. The molecule has 1 aliphatic rings. The lowest BCUT2D eigenvalue weighted by Crippen LogP contribution is -2.24. The molecule has 0 N–H and O–H groups in total. The number of aromatic nitrogens is 3. The fourth-order valence-corrected chi connectivity index (χ4v) is 7.52. The number of anilines is 4. The van der Waals surface area contributed by atoms with E-state index in [2.05, 4.69) is 132 Å². The monoisotopic (exact) mass is 677 g/mol. The van der Waals surface area contributed by atoms with Gasteiger partial charge in [0.15, 0.2) is 5.82 Å². The zero-order valence-corrected chi connectivity index (χ0v) is 29.1. The molecule has 0 fully saturated rings. The molecular weight excluding hydrogens is 643 g/mol. The SMILES string of the molecule is CC(C)(C)c1ccnc(-n2c3ccccc3c3ccc(Oc4cccc(N5CN(c6ccc7c(c6)oc6ccccc67)c6ncccc65)c4)cc32)c1. The van der Waals surface area contributed by atoms with Crippen molar-refractivity contribution in [3.05, 3.63) is 151 Å². The predicted octanol–water partition coefficient (Wildman–Crippen LogP) is 11.8. The van der Waals surface area contributed by atoms with Gasteiger partial charge in [-0.2, -0.15) is 0 Å². The highest BCUT2D eigenvalue weighted by Crippen LogP contribution is 2.45. The summed E-state index contributed by atoms with van der Waals surface area (Å²) >= 11 is 0. The van der Waals surface area contributed by atoms with Crippen LogP contribution in [0, 0.1) is 0 Å². The maximum absolute atomic E-state index is 6.63. The molecule has 5 heterocycles. The van der Waals surface area contributed by atoms with E-state index in [0.29, 0.717) is 6.67 Å². The van der Waals surface area contributed by atoms with Gasteiger partial charge in [-0.25, -0.2) is 9.97 Å². The number of rotatable bonds is 5. The van der Waals surface area contributed by atoms with Crippen molar-refractivity contribution in [2.45, 2.75) is 26.2 Å². The highest BCUT2D eigenvalue weighted by atomic mass is 16.5. The van der Waals surface area contributed by atoms with Crippen molar-refractivity contribution in [2.24, 2.45) is 0 Å². The number of furan rings is 1. The smallest absolute Gasteiger partial charge is 0.158 e. The van der Waals surface area contributed by atoms with E-state index in [0.717, 1.165) is 78.6 Å². The van der Waals surface area contributed by atoms with Gasteiger partial charge in [-0.3, -0.25) is 4.57 Å². The van der Waals surface area contributed by atoms with Gasteiger partial charge in [0, 0.05) is 63.5 Å². The summed E-state index contributed by atoms with van der Waals surface area (Å²) in [5, 5.41) is 4.56. The Kier molecular flexibility index (Phi) is 6.67. The van der Waals surface area contributed by atoms with Crippen molar-refractivity contribution in [3.63, 3.8) is 0 Å². The van der Waals surface area contributed by atoms with E-state index >= 15 is 0 Å². The summed E-state index contributed by atoms with van der Waals surface area (Å²) < 4.78 is 15.1. The summed E-state index contributed by atoms with van der Waals surface area (Å²) in [4.78, 5) is 14.2. The third-order valence-electron chi connectivity index (χ3n) is 10.1. The Morgan fingerprint density at radius 3 is 2.25 bits per heavy atom. The van der Waals surface area contributed by atoms with Crippen LogP contribution < -0.4 is 14.5 Å². The summed E-state index contributed by atoms with van der Waals surface area (Å²) in [7, 11) is 0. The van der Waals surface area contributed by atoms with Gasteiger partial charge in [0.1, 0.15) is 35.2 Å². The lowest BCUT2D eigenvalue weighted by Gasteiger charge is -2.22. The molecule has 7 nitrogen and oxygen atoms in total. The van der Waals surface area contributed by atoms with Crippen LogP contribution in [0.15, 0.2) is 150 Å². The van der Waals surface area contributed by atoms with E-state index < -0.39 is 0 Å². The molecule has 0 radical (unpaired) electrons. The van der Waals surface area contributed by atoms with Crippen LogP contribution in [0.4, 0.5) is 22.9 Å². The highest BCUT2D eigenvalue weighted by Gasteiger charge is 2.30. The molecule has 52 heavy (non-hydrogen) atoms. The molecule has 0 saturated heterocycles. The molecular formula is C45H35N5O2. The molecule has 5 aromatic carbocycles. The largest absolute Gasteiger partial charge is 0.457 e. The van der Waals surface area contributed by atoms with Crippen LogP contribution in [-0.4, -0.2) is 21.2 Å². The maximum atomic E-state index is 6.63. The molecule has 4 aromatic heterocycles. The predicted molar refractivity (Wildman–Crippen MR) is 211 cm³/mol. The first-order valence-electron chi connectivity index (χ1n) is 17.6. The Bertz CT molecular complexity index is 2830. The number of para-hydroxylation sites is 2. The van der Waals surface area contributed by atoms with Crippen LogP contribution in [0.25, 0.3) is 49.6 Å². The molecule has 9 aromatic rings. The van der Waals surface area contributed by atoms with Crippen LogP contribution in [-0.2, 0) is 5.41 Å². The average molecular weight is 678 g/mol. The van der Waals surface area contributed by atoms with Gasteiger partial charge in [-0.05, 0) is 83.8 Å². The summed E-state index contributed by atoms with van der Waals surface area (Å²) in [6.45, 7) is 7.28. The minimum atomic E-state index is 0.000809. The molecule has 10 rings (SSSR count). The van der Waals surface area contributed by atoms with Crippen LogP contribution in [0.3, 0.4) is 0 Å². The zero-order chi connectivity index (χ0) is 35.0. The summed E-state index contributed by atoms with van der Waals surface area (Å²) in [6.07, 6.45) is 3.76. The Balaban J connectivity index is 0.997. The lowest BCUT2D eigenvalue weighted by atomic mass is 9.88. The number of ether oxygens (including phenoxy) is 1. The molecule has 252 valence electrons. The Labute approximate surface area is 300 Å². The van der Waals surface area contributed by atoms with E-state index in [1.165, 1.54) is 10.9 Å². The van der Waals surface area contributed by atoms with Crippen molar-refractivity contribution in [1.82, 2.24) is 14.5 Å². The topological polar surface area (TPSA) is 59.6 Å². The van der Waals surface area contributed by atoms with Crippen LogP contribution in [0.1, 0.15) is 26.3 Å². The van der Waals surface area contributed by atoms with Crippen molar-refractivity contribution in [3.8, 4) is 17.3 Å². The molecule has 0 unspecified atom stereocenters. The van der Waals surface area contributed by atoms with E-state index in [1.807, 2.05) is 48.8 Å². The normalized spacial score (nSPS) is 13.1. The Hall–Kier alpha value is -6.60. The van der Waals surface area contributed by atoms with Crippen molar-refractivity contribution < 1.29 is 9.15 Å². The number of pyridine rings is 2. The van der Waals surface area contributed by atoms with Gasteiger partial charge in [0.2, 0.25) is 0 Å². The standard InChI is InChI=1S/C45H35N5O2/c1-45(2,3)29-21-23-46-43(24-29)50-38-14-6-4-12-34(38)35-20-18-33(27-40(35)50)51-32-11-8-10-30(25-32)48-28-49(44-39(48)15-9-22-47-44)31-17-19-37-36-13-5-7-16-41(36)52-42(37)26-31/h4-27H,28H2,1-3H3. The van der Waals surface area contributed by atoms with Gasteiger partial charge in [-0.1, -0.05) is 63.2 Å². The van der Waals surface area contributed by atoms with Crippen molar-refractivity contribution >= 4 is 66.6 Å². The summed E-state index contributed by atoms with van der Waals surface area (Å²) in [5.74, 6) is 3.29. The quantitative estimate of drug-likeness (QED) is 0.181. The van der Waals surface area contributed by atoms with Crippen LogP contribution >= 0.6 is 0 Å². The van der Waals surface area contributed by atoms with Crippen molar-refractivity contribution in [2.75, 3.05) is 16.5 Å². The minimum absolute atomic E-state index is 0.000809. The Morgan fingerprint density at radius 2 is 1.35 bits per heavy atom. The summed E-state index contributed by atoms with van der Waals surface area (Å²) in [5.41, 5.74) is 8.20. The first-order chi connectivity index (χ1) is 25.4. The second-order valence-corrected chi connectivity index (χ2v) is 14.4. The second-order valence-electron chi connectivity index (χ2n) is 14.4. The van der Waals surface area contributed by atoms with E-state index in [9.17, 15) is 0 Å². The molecule has 7 heteroatoms. The molecule has 0 spiro atoms. The van der Waals surface area contributed by atoms with Crippen LogP contribution in [0.2, 0.25) is 0 Å². The van der Waals surface area contributed by atoms with Gasteiger partial charge in [0.25, 0.3) is 0 Å². The molecule has 0 aliphatic carbocycles. The van der Waals surface area contributed by atoms with E-state index in [-0.39, 0.29) is 5.41 Å².